The molecule has 0 spiro atoms. The van der Waals surface area contributed by atoms with Crippen molar-refractivity contribution in [2.75, 3.05) is 43.0 Å². The summed E-state index contributed by atoms with van der Waals surface area (Å²) in [6, 6.07) is 15.6. The van der Waals surface area contributed by atoms with E-state index in [-0.39, 0.29) is 18.4 Å². The lowest BCUT2D eigenvalue weighted by atomic mass is 10.0. The predicted molar refractivity (Wildman–Crippen MR) is 116 cm³/mol. The Kier molecular flexibility index (Phi) is 6.75. The molecule has 1 saturated heterocycles. The maximum absolute atomic E-state index is 12.1. The number of rotatable bonds is 6. The fraction of sp³-hybridized carbons (Fsp3) is 0.391. The number of ether oxygens (including phenoxy) is 1. The van der Waals surface area contributed by atoms with E-state index < -0.39 is 0 Å². The molecule has 0 bridgehead atoms. The Bertz CT molecular complexity index is 823. The standard InChI is InChI=1S/C23H29N3O3/c1-17(2)19-4-6-20(7-5-19)24-23(28)16-29-22-10-8-21(9-11-22)26-14-12-25(13-15-26)18(3)27/h4-11,17H,12-16H2,1-3H3,(H,24,28). The summed E-state index contributed by atoms with van der Waals surface area (Å²) in [4.78, 5) is 27.7. The minimum Gasteiger partial charge on any atom is -0.484 e. The summed E-state index contributed by atoms with van der Waals surface area (Å²) < 4.78 is 5.61. The summed E-state index contributed by atoms with van der Waals surface area (Å²) in [5.41, 5.74) is 3.10. The molecule has 0 unspecified atom stereocenters. The molecule has 0 radical (unpaired) electrons. The molecule has 1 N–H and O–H groups in total. The third-order valence-electron chi connectivity index (χ3n) is 5.16. The molecule has 29 heavy (non-hydrogen) atoms. The van der Waals surface area contributed by atoms with E-state index in [0.29, 0.717) is 11.7 Å². The van der Waals surface area contributed by atoms with Gasteiger partial charge < -0.3 is 19.9 Å². The number of carbonyl (C=O) groups excluding carboxylic acids is 2. The van der Waals surface area contributed by atoms with E-state index in [0.717, 1.165) is 37.6 Å². The number of amides is 2. The van der Waals surface area contributed by atoms with Gasteiger partial charge in [-0.3, -0.25) is 9.59 Å². The van der Waals surface area contributed by atoms with Crippen LogP contribution in [0, 0.1) is 0 Å². The van der Waals surface area contributed by atoms with Crippen molar-refractivity contribution in [1.82, 2.24) is 4.90 Å². The third kappa shape index (κ3) is 5.73. The average Bonchev–Trinajstić information content (AvgIpc) is 2.73. The number of hydrogen-bond acceptors (Lipinski definition) is 4. The maximum Gasteiger partial charge on any atom is 0.262 e. The lowest BCUT2D eigenvalue weighted by molar-refractivity contribution is -0.129. The number of nitrogens with one attached hydrogen (secondary N) is 1. The van der Waals surface area contributed by atoms with Gasteiger partial charge >= 0.3 is 0 Å². The van der Waals surface area contributed by atoms with E-state index in [1.807, 2.05) is 53.4 Å². The van der Waals surface area contributed by atoms with Crippen molar-refractivity contribution < 1.29 is 14.3 Å². The second kappa shape index (κ2) is 9.45. The van der Waals surface area contributed by atoms with Crippen LogP contribution in [0.1, 0.15) is 32.3 Å². The van der Waals surface area contributed by atoms with Gasteiger partial charge in [0.25, 0.3) is 5.91 Å². The molecule has 1 fully saturated rings. The highest BCUT2D eigenvalue weighted by Gasteiger charge is 2.18. The van der Waals surface area contributed by atoms with Gasteiger partial charge in [-0.05, 0) is 47.9 Å². The van der Waals surface area contributed by atoms with Gasteiger partial charge in [0.1, 0.15) is 5.75 Å². The largest absolute Gasteiger partial charge is 0.484 e. The molecule has 0 aliphatic carbocycles. The topological polar surface area (TPSA) is 61.9 Å². The number of piperazine rings is 1. The van der Waals surface area contributed by atoms with E-state index >= 15 is 0 Å². The zero-order valence-corrected chi connectivity index (χ0v) is 17.4. The van der Waals surface area contributed by atoms with Crippen molar-refractivity contribution in [3.8, 4) is 5.75 Å². The summed E-state index contributed by atoms with van der Waals surface area (Å²) in [5.74, 6) is 1.06. The van der Waals surface area contributed by atoms with Gasteiger partial charge in [0.05, 0.1) is 0 Å². The van der Waals surface area contributed by atoms with Crippen LogP contribution < -0.4 is 15.0 Å². The second-order valence-electron chi connectivity index (χ2n) is 7.60. The van der Waals surface area contributed by atoms with Crippen LogP contribution in [0.25, 0.3) is 0 Å². The monoisotopic (exact) mass is 395 g/mol. The highest BCUT2D eigenvalue weighted by atomic mass is 16.5. The van der Waals surface area contributed by atoms with Crippen molar-refractivity contribution in [3.05, 3.63) is 54.1 Å². The molecule has 2 amide bonds. The number of hydrogen-bond donors (Lipinski definition) is 1. The van der Waals surface area contributed by atoms with Crippen LogP contribution in [-0.2, 0) is 9.59 Å². The molecule has 1 aliphatic rings. The molecule has 0 atom stereocenters. The van der Waals surface area contributed by atoms with Crippen molar-refractivity contribution in [3.63, 3.8) is 0 Å². The predicted octanol–water partition coefficient (Wildman–Crippen LogP) is 3.50. The summed E-state index contributed by atoms with van der Waals surface area (Å²) in [7, 11) is 0. The molecule has 154 valence electrons. The number of benzene rings is 2. The SMILES string of the molecule is CC(=O)N1CCN(c2ccc(OCC(=O)Nc3ccc(C(C)C)cc3)cc2)CC1. The van der Waals surface area contributed by atoms with Crippen molar-refractivity contribution in [1.29, 1.82) is 0 Å². The minimum atomic E-state index is -0.188. The van der Waals surface area contributed by atoms with Crippen LogP contribution in [0.2, 0.25) is 0 Å². The van der Waals surface area contributed by atoms with Crippen LogP contribution in [0.15, 0.2) is 48.5 Å². The Morgan fingerprint density at radius 3 is 2.14 bits per heavy atom. The van der Waals surface area contributed by atoms with Crippen LogP contribution in [0.3, 0.4) is 0 Å². The van der Waals surface area contributed by atoms with Crippen molar-refractivity contribution in [2.24, 2.45) is 0 Å². The smallest absolute Gasteiger partial charge is 0.262 e. The van der Waals surface area contributed by atoms with E-state index in [2.05, 4.69) is 24.1 Å². The molecule has 6 nitrogen and oxygen atoms in total. The number of nitrogens with zero attached hydrogens (tertiary/aromatic N) is 2. The van der Waals surface area contributed by atoms with Gasteiger partial charge in [0, 0.05) is 44.5 Å². The second-order valence-corrected chi connectivity index (χ2v) is 7.60. The molecule has 2 aromatic carbocycles. The first-order chi connectivity index (χ1) is 13.9. The molecule has 0 saturated carbocycles. The molecule has 3 rings (SSSR count). The summed E-state index contributed by atoms with van der Waals surface area (Å²) in [6.07, 6.45) is 0. The third-order valence-corrected chi connectivity index (χ3v) is 5.16. The normalized spacial score (nSPS) is 14.1. The van der Waals surface area contributed by atoms with E-state index in [1.54, 1.807) is 6.92 Å². The van der Waals surface area contributed by atoms with Crippen LogP contribution in [0.4, 0.5) is 11.4 Å². The van der Waals surface area contributed by atoms with E-state index in [4.69, 9.17) is 4.74 Å². The molecular weight excluding hydrogens is 366 g/mol. The quantitative estimate of drug-likeness (QED) is 0.813. The molecule has 2 aromatic rings. The number of carbonyl (C=O) groups is 2. The van der Waals surface area contributed by atoms with Crippen molar-refractivity contribution in [2.45, 2.75) is 26.7 Å². The molecule has 0 aromatic heterocycles. The van der Waals surface area contributed by atoms with Gasteiger partial charge in [0.15, 0.2) is 6.61 Å². The van der Waals surface area contributed by atoms with Gasteiger partial charge in [-0.2, -0.15) is 0 Å². The van der Waals surface area contributed by atoms with Crippen LogP contribution in [-0.4, -0.2) is 49.5 Å². The number of anilines is 2. The average molecular weight is 396 g/mol. The first kappa shape index (κ1) is 20.7. The zero-order valence-electron chi connectivity index (χ0n) is 17.4. The molecule has 1 heterocycles. The zero-order chi connectivity index (χ0) is 20.8. The fourth-order valence-electron chi connectivity index (χ4n) is 3.33. The molecule has 6 heteroatoms. The Morgan fingerprint density at radius 1 is 0.966 bits per heavy atom. The van der Waals surface area contributed by atoms with Gasteiger partial charge in [-0.25, -0.2) is 0 Å². The Labute approximate surface area is 172 Å². The highest BCUT2D eigenvalue weighted by molar-refractivity contribution is 5.91. The van der Waals surface area contributed by atoms with E-state index in [9.17, 15) is 9.59 Å². The Morgan fingerprint density at radius 2 is 1.59 bits per heavy atom. The fourth-order valence-corrected chi connectivity index (χ4v) is 3.33. The highest BCUT2D eigenvalue weighted by Crippen LogP contribution is 2.21. The lowest BCUT2D eigenvalue weighted by Gasteiger charge is -2.35. The van der Waals surface area contributed by atoms with Crippen LogP contribution in [0.5, 0.6) is 5.75 Å². The lowest BCUT2D eigenvalue weighted by Crippen LogP contribution is -2.48. The Hall–Kier alpha value is -3.02. The summed E-state index contributed by atoms with van der Waals surface area (Å²) in [6.45, 7) is 8.96. The summed E-state index contributed by atoms with van der Waals surface area (Å²) >= 11 is 0. The van der Waals surface area contributed by atoms with Gasteiger partial charge in [0.2, 0.25) is 5.91 Å². The maximum atomic E-state index is 12.1. The van der Waals surface area contributed by atoms with E-state index in [1.165, 1.54) is 5.56 Å². The van der Waals surface area contributed by atoms with Crippen molar-refractivity contribution >= 4 is 23.2 Å². The first-order valence-electron chi connectivity index (χ1n) is 10.1. The van der Waals surface area contributed by atoms with Crippen LogP contribution >= 0.6 is 0 Å². The minimum absolute atomic E-state index is 0.0391. The first-order valence-corrected chi connectivity index (χ1v) is 10.1. The Balaban J connectivity index is 1.46. The van der Waals surface area contributed by atoms with Gasteiger partial charge in [-0.1, -0.05) is 26.0 Å². The molecular formula is C23H29N3O3. The summed E-state index contributed by atoms with van der Waals surface area (Å²) in [5, 5.41) is 2.85. The molecule has 1 aliphatic heterocycles. The van der Waals surface area contributed by atoms with Gasteiger partial charge in [-0.15, -0.1) is 0 Å².